The summed E-state index contributed by atoms with van der Waals surface area (Å²) in [5.41, 5.74) is 1.42. The lowest BCUT2D eigenvalue weighted by atomic mass is 10.2. The highest BCUT2D eigenvalue weighted by Gasteiger charge is 2.05. The average Bonchev–Trinajstić information content (AvgIpc) is 2.50. The maximum Gasteiger partial charge on any atom is 0.255 e. The van der Waals surface area contributed by atoms with Gasteiger partial charge in [0.05, 0.1) is 6.61 Å². The van der Waals surface area contributed by atoms with Gasteiger partial charge in [0.2, 0.25) is 0 Å². The minimum Gasteiger partial charge on any atom is -0.494 e. The van der Waals surface area contributed by atoms with Gasteiger partial charge in [0.1, 0.15) is 5.75 Å². The van der Waals surface area contributed by atoms with Crippen LogP contribution in [-0.4, -0.2) is 12.5 Å². The summed E-state index contributed by atoms with van der Waals surface area (Å²) in [6.45, 7) is 2.86. The molecular weight excluding hydrogens is 377 g/mol. The number of hydrogen-bond acceptors (Lipinski definition) is 2. The van der Waals surface area contributed by atoms with Crippen molar-refractivity contribution in [1.29, 1.82) is 0 Å². The van der Waals surface area contributed by atoms with Crippen molar-refractivity contribution in [2.45, 2.75) is 19.8 Å². The third-order valence-electron chi connectivity index (χ3n) is 2.99. The molecule has 0 radical (unpaired) electrons. The van der Waals surface area contributed by atoms with Gasteiger partial charge >= 0.3 is 0 Å². The van der Waals surface area contributed by atoms with Gasteiger partial charge in [-0.2, -0.15) is 0 Å². The number of benzene rings is 2. The van der Waals surface area contributed by atoms with Gasteiger partial charge in [-0.15, -0.1) is 0 Å². The van der Waals surface area contributed by atoms with Crippen LogP contribution in [0.5, 0.6) is 5.75 Å². The Kier molecular flexibility index (Phi) is 6.04. The van der Waals surface area contributed by atoms with E-state index in [1.54, 1.807) is 0 Å². The minimum atomic E-state index is -0.106. The first kappa shape index (κ1) is 15.8. The summed E-state index contributed by atoms with van der Waals surface area (Å²) in [5, 5.41) is 2.88. The highest BCUT2D eigenvalue weighted by molar-refractivity contribution is 14.1. The first-order valence-electron chi connectivity index (χ1n) is 6.99. The van der Waals surface area contributed by atoms with Crippen molar-refractivity contribution in [3.05, 3.63) is 57.7 Å². The maximum absolute atomic E-state index is 12.1. The van der Waals surface area contributed by atoms with Gasteiger partial charge in [-0.05, 0) is 77.5 Å². The number of nitrogens with one attached hydrogen (secondary N) is 1. The number of hydrogen-bond donors (Lipinski definition) is 1. The summed E-state index contributed by atoms with van der Waals surface area (Å²) in [6, 6.07) is 14.9. The van der Waals surface area contributed by atoms with Gasteiger partial charge in [-0.3, -0.25) is 4.79 Å². The SMILES string of the molecule is CCCCOc1ccc(NC(=O)c2ccc(I)cc2)cc1. The summed E-state index contributed by atoms with van der Waals surface area (Å²) in [6.07, 6.45) is 2.16. The molecule has 0 spiro atoms. The first-order valence-corrected chi connectivity index (χ1v) is 8.06. The Hall–Kier alpha value is -1.56. The molecule has 0 aromatic heterocycles. The van der Waals surface area contributed by atoms with E-state index in [1.807, 2.05) is 48.5 Å². The molecule has 0 aliphatic rings. The van der Waals surface area contributed by atoms with Gasteiger partial charge < -0.3 is 10.1 Å². The van der Waals surface area contributed by atoms with E-state index in [-0.39, 0.29) is 5.91 Å². The molecule has 3 nitrogen and oxygen atoms in total. The van der Waals surface area contributed by atoms with Crippen LogP contribution in [-0.2, 0) is 0 Å². The molecular formula is C17H18INO2. The molecule has 0 aliphatic heterocycles. The topological polar surface area (TPSA) is 38.3 Å². The summed E-state index contributed by atoms with van der Waals surface area (Å²) in [4.78, 5) is 12.1. The Labute approximate surface area is 138 Å². The van der Waals surface area contributed by atoms with Gasteiger partial charge in [-0.1, -0.05) is 13.3 Å². The van der Waals surface area contributed by atoms with Crippen LogP contribution in [0.4, 0.5) is 5.69 Å². The zero-order valence-corrected chi connectivity index (χ0v) is 14.1. The zero-order valence-electron chi connectivity index (χ0n) is 11.9. The Balaban J connectivity index is 1.93. The smallest absolute Gasteiger partial charge is 0.255 e. The Morgan fingerprint density at radius 3 is 2.38 bits per heavy atom. The predicted octanol–water partition coefficient (Wildman–Crippen LogP) is 4.72. The van der Waals surface area contributed by atoms with E-state index in [1.165, 1.54) is 0 Å². The summed E-state index contributed by atoms with van der Waals surface area (Å²) in [5.74, 6) is 0.724. The van der Waals surface area contributed by atoms with Crippen LogP contribution in [0.3, 0.4) is 0 Å². The number of anilines is 1. The second kappa shape index (κ2) is 8.02. The molecule has 1 N–H and O–H groups in total. The highest BCUT2D eigenvalue weighted by Crippen LogP contribution is 2.17. The summed E-state index contributed by atoms with van der Waals surface area (Å²) in [7, 11) is 0. The molecule has 1 amide bonds. The zero-order chi connectivity index (χ0) is 15.1. The molecule has 110 valence electrons. The molecule has 0 bridgehead atoms. The molecule has 0 fully saturated rings. The Morgan fingerprint density at radius 1 is 1.10 bits per heavy atom. The van der Waals surface area contributed by atoms with Crippen LogP contribution in [0, 0.1) is 3.57 Å². The molecule has 2 aromatic rings. The van der Waals surface area contributed by atoms with E-state index >= 15 is 0 Å². The largest absolute Gasteiger partial charge is 0.494 e. The number of carbonyl (C=O) groups excluding carboxylic acids is 1. The Bertz CT molecular complexity index is 579. The number of unbranched alkanes of at least 4 members (excludes halogenated alkanes) is 1. The fraction of sp³-hybridized carbons (Fsp3) is 0.235. The molecule has 0 atom stereocenters. The average molecular weight is 395 g/mol. The lowest BCUT2D eigenvalue weighted by Gasteiger charge is -2.08. The molecule has 4 heteroatoms. The number of carbonyl (C=O) groups is 1. The third-order valence-corrected chi connectivity index (χ3v) is 3.70. The molecule has 2 aromatic carbocycles. The van der Waals surface area contributed by atoms with Crippen molar-refractivity contribution in [3.8, 4) is 5.75 Å². The lowest BCUT2D eigenvalue weighted by molar-refractivity contribution is 0.102. The van der Waals surface area contributed by atoms with Crippen LogP contribution < -0.4 is 10.1 Å². The Morgan fingerprint density at radius 2 is 1.76 bits per heavy atom. The normalized spacial score (nSPS) is 10.2. The van der Waals surface area contributed by atoms with E-state index in [0.29, 0.717) is 5.56 Å². The van der Waals surface area contributed by atoms with Crippen LogP contribution in [0.25, 0.3) is 0 Å². The molecule has 2 rings (SSSR count). The van der Waals surface area contributed by atoms with Crippen molar-refractivity contribution < 1.29 is 9.53 Å². The second-order valence-electron chi connectivity index (χ2n) is 4.69. The predicted molar refractivity (Wildman–Crippen MR) is 94.0 cm³/mol. The number of rotatable bonds is 6. The van der Waals surface area contributed by atoms with Crippen molar-refractivity contribution in [2.24, 2.45) is 0 Å². The van der Waals surface area contributed by atoms with E-state index in [2.05, 4.69) is 34.8 Å². The minimum absolute atomic E-state index is 0.106. The van der Waals surface area contributed by atoms with E-state index < -0.39 is 0 Å². The fourth-order valence-electron chi connectivity index (χ4n) is 1.77. The monoisotopic (exact) mass is 395 g/mol. The first-order chi connectivity index (χ1) is 10.2. The van der Waals surface area contributed by atoms with Crippen LogP contribution in [0.15, 0.2) is 48.5 Å². The van der Waals surface area contributed by atoms with Gasteiger partial charge in [0, 0.05) is 14.8 Å². The van der Waals surface area contributed by atoms with Gasteiger partial charge in [-0.25, -0.2) is 0 Å². The van der Waals surface area contributed by atoms with Crippen LogP contribution >= 0.6 is 22.6 Å². The third kappa shape index (κ3) is 5.04. The highest BCUT2D eigenvalue weighted by atomic mass is 127. The summed E-state index contributed by atoms with van der Waals surface area (Å²) >= 11 is 2.22. The van der Waals surface area contributed by atoms with E-state index in [9.17, 15) is 4.79 Å². The van der Waals surface area contributed by atoms with Crippen LogP contribution in [0.1, 0.15) is 30.1 Å². The fourth-order valence-corrected chi connectivity index (χ4v) is 2.13. The number of amides is 1. The molecule has 0 unspecified atom stereocenters. The van der Waals surface area contributed by atoms with Gasteiger partial charge in [0.15, 0.2) is 0 Å². The van der Waals surface area contributed by atoms with Crippen molar-refractivity contribution in [1.82, 2.24) is 0 Å². The standard InChI is InChI=1S/C17H18INO2/c1-2-3-12-21-16-10-8-15(9-11-16)19-17(20)13-4-6-14(18)7-5-13/h4-11H,2-3,12H2,1H3,(H,19,20). The number of halogens is 1. The van der Waals surface area contributed by atoms with Crippen molar-refractivity contribution in [3.63, 3.8) is 0 Å². The summed E-state index contributed by atoms with van der Waals surface area (Å²) < 4.78 is 6.70. The lowest BCUT2D eigenvalue weighted by Crippen LogP contribution is -2.11. The van der Waals surface area contributed by atoms with Crippen LogP contribution in [0.2, 0.25) is 0 Å². The molecule has 0 saturated carbocycles. The number of ether oxygens (including phenoxy) is 1. The maximum atomic E-state index is 12.1. The molecule has 0 heterocycles. The van der Waals surface area contributed by atoms with E-state index in [0.717, 1.165) is 34.5 Å². The van der Waals surface area contributed by atoms with E-state index in [4.69, 9.17) is 4.74 Å². The molecule has 0 saturated heterocycles. The second-order valence-corrected chi connectivity index (χ2v) is 5.93. The quantitative estimate of drug-likeness (QED) is 0.568. The van der Waals surface area contributed by atoms with Gasteiger partial charge in [0.25, 0.3) is 5.91 Å². The van der Waals surface area contributed by atoms with Crippen molar-refractivity contribution in [2.75, 3.05) is 11.9 Å². The van der Waals surface area contributed by atoms with Crippen molar-refractivity contribution >= 4 is 34.2 Å². The molecule has 0 aliphatic carbocycles. The molecule has 21 heavy (non-hydrogen) atoms.